The van der Waals surface area contributed by atoms with E-state index in [1.807, 2.05) is 6.92 Å². The Morgan fingerprint density at radius 2 is 2.26 bits per heavy atom. The number of anilines is 1. The van der Waals surface area contributed by atoms with Crippen molar-refractivity contribution in [3.8, 4) is 0 Å². The summed E-state index contributed by atoms with van der Waals surface area (Å²) >= 11 is 3.44. The lowest BCUT2D eigenvalue weighted by Crippen LogP contribution is -2.49. The number of rotatable bonds is 3. The number of aromatic nitrogens is 2. The molecule has 1 saturated heterocycles. The van der Waals surface area contributed by atoms with Crippen molar-refractivity contribution in [2.24, 2.45) is 5.73 Å². The molecule has 0 spiro atoms. The molecule has 1 aromatic rings. The summed E-state index contributed by atoms with van der Waals surface area (Å²) in [7, 11) is 0. The van der Waals surface area contributed by atoms with E-state index in [2.05, 4.69) is 32.9 Å². The molecule has 0 bridgehead atoms. The van der Waals surface area contributed by atoms with Crippen LogP contribution in [0.25, 0.3) is 0 Å². The van der Waals surface area contributed by atoms with Gasteiger partial charge in [-0.3, -0.25) is 4.79 Å². The Kier molecular flexibility index (Phi) is 4.62. The zero-order chi connectivity index (χ0) is 14.0. The summed E-state index contributed by atoms with van der Waals surface area (Å²) in [5.74, 6) is 0. The molecule has 2 heterocycles. The van der Waals surface area contributed by atoms with E-state index >= 15 is 0 Å². The summed E-state index contributed by atoms with van der Waals surface area (Å²) in [6, 6.07) is 0.677. The molecule has 0 saturated carbocycles. The molecule has 0 amide bonds. The number of halogens is 1. The van der Waals surface area contributed by atoms with Gasteiger partial charge in [-0.2, -0.15) is 5.10 Å². The van der Waals surface area contributed by atoms with Gasteiger partial charge in [0.05, 0.1) is 11.9 Å². The minimum Gasteiger partial charge on any atom is -0.362 e. The molecule has 0 aliphatic carbocycles. The number of hydrogen-bond donors (Lipinski definition) is 1. The zero-order valence-electron chi connectivity index (χ0n) is 11.5. The van der Waals surface area contributed by atoms with Crippen LogP contribution in [0.4, 0.5) is 5.69 Å². The van der Waals surface area contributed by atoms with E-state index in [-0.39, 0.29) is 5.56 Å². The molecule has 2 atom stereocenters. The smallest absolute Gasteiger partial charge is 0.283 e. The summed E-state index contributed by atoms with van der Waals surface area (Å²) in [6.45, 7) is 5.27. The Hall–Kier alpha value is -0.880. The van der Waals surface area contributed by atoms with Crippen molar-refractivity contribution >= 4 is 21.6 Å². The maximum atomic E-state index is 12.2. The van der Waals surface area contributed by atoms with Crippen LogP contribution in [0.1, 0.15) is 33.1 Å². The van der Waals surface area contributed by atoms with Gasteiger partial charge in [0.1, 0.15) is 4.47 Å². The van der Waals surface area contributed by atoms with Crippen molar-refractivity contribution in [3.63, 3.8) is 0 Å². The first kappa shape index (κ1) is 14.5. The van der Waals surface area contributed by atoms with Crippen molar-refractivity contribution in [3.05, 3.63) is 21.0 Å². The van der Waals surface area contributed by atoms with Crippen LogP contribution in [0.2, 0.25) is 0 Å². The first-order valence-electron chi connectivity index (χ1n) is 6.84. The van der Waals surface area contributed by atoms with Gasteiger partial charge < -0.3 is 10.6 Å². The molecular weight excluding hydrogens is 308 g/mol. The summed E-state index contributed by atoms with van der Waals surface area (Å²) < 4.78 is 2.05. The summed E-state index contributed by atoms with van der Waals surface area (Å²) in [5.41, 5.74) is 6.67. The highest BCUT2D eigenvalue weighted by Gasteiger charge is 2.29. The van der Waals surface area contributed by atoms with Crippen molar-refractivity contribution in [2.45, 2.75) is 51.7 Å². The summed E-state index contributed by atoms with van der Waals surface area (Å²) in [4.78, 5) is 14.4. The Bertz CT molecular complexity index is 502. The maximum Gasteiger partial charge on any atom is 0.283 e. The van der Waals surface area contributed by atoms with Gasteiger partial charge in [-0.15, -0.1) is 0 Å². The quantitative estimate of drug-likeness (QED) is 0.917. The van der Waals surface area contributed by atoms with Crippen molar-refractivity contribution in [1.82, 2.24) is 9.78 Å². The molecule has 19 heavy (non-hydrogen) atoms. The number of nitrogens with zero attached hydrogens (tertiary/aromatic N) is 3. The molecular formula is C13H21BrN4O. The summed E-state index contributed by atoms with van der Waals surface area (Å²) in [6.07, 6.45) is 5.17. The predicted octanol–water partition coefficient (Wildman–Crippen LogP) is 1.73. The van der Waals surface area contributed by atoms with Gasteiger partial charge in [0.15, 0.2) is 0 Å². The topological polar surface area (TPSA) is 64.2 Å². The largest absolute Gasteiger partial charge is 0.362 e. The van der Waals surface area contributed by atoms with Crippen molar-refractivity contribution in [1.29, 1.82) is 0 Å². The number of aryl methyl sites for hydroxylation is 1. The van der Waals surface area contributed by atoms with E-state index in [0.717, 1.165) is 18.5 Å². The van der Waals surface area contributed by atoms with Crippen LogP contribution in [0.15, 0.2) is 15.5 Å². The Balaban J connectivity index is 2.44. The van der Waals surface area contributed by atoms with Gasteiger partial charge in [0.2, 0.25) is 0 Å². The fourth-order valence-electron chi connectivity index (χ4n) is 2.81. The van der Waals surface area contributed by atoms with Crippen LogP contribution in [0.3, 0.4) is 0 Å². The van der Waals surface area contributed by atoms with E-state index in [9.17, 15) is 4.79 Å². The molecule has 0 radical (unpaired) electrons. The lowest BCUT2D eigenvalue weighted by molar-refractivity contribution is 0.399. The number of nitrogens with two attached hydrogens (primary N) is 1. The molecule has 0 aromatic carbocycles. The van der Waals surface area contributed by atoms with Crippen molar-refractivity contribution in [2.75, 3.05) is 11.4 Å². The molecule has 1 aliphatic rings. The second-order valence-corrected chi connectivity index (χ2v) is 5.83. The maximum absolute atomic E-state index is 12.2. The van der Waals surface area contributed by atoms with Crippen LogP contribution in [0.5, 0.6) is 0 Å². The van der Waals surface area contributed by atoms with Crippen LogP contribution in [-0.2, 0) is 6.54 Å². The molecule has 106 valence electrons. The van der Waals surface area contributed by atoms with Gasteiger partial charge in [-0.05, 0) is 49.0 Å². The van der Waals surface area contributed by atoms with E-state index in [4.69, 9.17) is 5.73 Å². The first-order valence-corrected chi connectivity index (χ1v) is 7.63. The molecule has 6 heteroatoms. The lowest BCUT2D eigenvalue weighted by atomic mass is 9.96. The average Bonchev–Trinajstić information content (AvgIpc) is 2.42. The molecule has 1 fully saturated rings. The molecule has 1 aromatic heterocycles. The van der Waals surface area contributed by atoms with E-state index in [0.29, 0.717) is 29.6 Å². The van der Waals surface area contributed by atoms with E-state index < -0.39 is 0 Å². The van der Waals surface area contributed by atoms with Gasteiger partial charge in [-0.25, -0.2) is 4.68 Å². The second-order valence-electron chi connectivity index (χ2n) is 5.04. The zero-order valence-corrected chi connectivity index (χ0v) is 13.1. The first-order chi connectivity index (χ1) is 9.10. The highest BCUT2D eigenvalue weighted by Crippen LogP contribution is 2.31. The average molecular weight is 329 g/mol. The minimum atomic E-state index is -0.0754. The normalized spacial score (nSPS) is 23.7. The van der Waals surface area contributed by atoms with Gasteiger partial charge in [0, 0.05) is 25.2 Å². The molecule has 5 nitrogen and oxygen atoms in total. The van der Waals surface area contributed by atoms with Crippen LogP contribution in [-0.4, -0.2) is 28.4 Å². The fraction of sp³-hybridized carbons (Fsp3) is 0.692. The Labute approximate surface area is 121 Å². The fourth-order valence-corrected chi connectivity index (χ4v) is 3.33. The van der Waals surface area contributed by atoms with E-state index in [1.165, 1.54) is 11.1 Å². The Morgan fingerprint density at radius 1 is 1.53 bits per heavy atom. The summed E-state index contributed by atoms with van der Waals surface area (Å²) in [5, 5.41) is 4.23. The second kappa shape index (κ2) is 6.05. The third-order valence-electron chi connectivity index (χ3n) is 3.84. The molecule has 1 aliphatic heterocycles. The minimum absolute atomic E-state index is 0.0754. The Morgan fingerprint density at radius 3 is 2.89 bits per heavy atom. The van der Waals surface area contributed by atoms with Crippen LogP contribution < -0.4 is 16.2 Å². The van der Waals surface area contributed by atoms with Gasteiger partial charge in [0.25, 0.3) is 5.56 Å². The predicted molar refractivity (Wildman–Crippen MR) is 80.5 cm³/mol. The van der Waals surface area contributed by atoms with Crippen LogP contribution in [0, 0.1) is 0 Å². The monoisotopic (exact) mass is 328 g/mol. The number of piperidine rings is 1. The number of hydrogen-bond acceptors (Lipinski definition) is 4. The van der Waals surface area contributed by atoms with Gasteiger partial charge >= 0.3 is 0 Å². The van der Waals surface area contributed by atoms with Crippen LogP contribution >= 0.6 is 15.9 Å². The standard InChI is InChI=1S/C13H21BrN4O/c1-3-17-13(19)12(14)11(8-16-17)18-9(2)5-4-6-10(18)7-15/h8-10H,3-7,15H2,1-2H3. The van der Waals surface area contributed by atoms with Crippen molar-refractivity contribution < 1.29 is 0 Å². The van der Waals surface area contributed by atoms with E-state index in [1.54, 1.807) is 6.20 Å². The third kappa shape index (κ3) is 2.69. The lowest BCUT2D eigenvalue weighted by Gasteiger charge is -2.42. The third-order valence-corrected chi connectivity index (χ3v) is 4.59. The highest BCUT2D eigenvalue weighted by molar-refractivity contribution is 9.10. The molecule has 2 N–H and O–H groups in total. The molecule has 2 rings (SSSR count). The highest BCUT2D eigenvalue weighted by atomic mass is 79.9. The molecule has 2 unspecified atom stereocenters. The van der Waals surface area contributed by atoms with Gasteiger partial charge in [-0.1, -0.05) is 0 Å². The SMILES string of the molecule is CCn1ncc(N2C(C)CCCC2CN)c(Br)c1=O.